The summed E-state index contributed by atoms with van der Waals surface area (Å²) >= 11 is 0. The lowest BCUT2D eigenvalue weighted by atomic mass is 10.5. The molecule has 1 aromatic rings. The molecule has 3 heteroatoms. The molecule has 0 amide bonds. The van der Waals surface area contributed by atoms with Gasteiger partial charge in [-0.3, -0.25) is 5.43 Å². The highest BCUT2D eigenvalue weighted by Crippen LogP contribution is 1.98. The molecule has 0 saturated heterocycles. The second-order valence-electron chi connectivity index (χ2n) is 2.05. The van der Waals surface area contributed by atoms with Gasteiger partial charge < -0.3 is 0 Å². The van der Waals surface area contributed by atoms with Gasteiger partial charge in [0, 0.05) is 12.4 Å². The van der Waals surface area contributed by atoms with E-state index in [0.29, 0.717) is 0 Å². The smallest absolute Gasteiger partial charge is 0.146 e. The van der Waals surface area contributed by atoms with Crippen molar-refractivity contribution in [2.75, 3.05) is 5.43 Å². The van der Waals surface area contributed by atoms with Crippen LogP contribution in [0.15, 0.2) is 29.5 Å². The number of hydrogen-bond acceptors (Lipinski definition) is 3. The first-order valence-corrected chi connectivity index (χ1v) is 3.62. The van der Waals surface area contributed by atoms with Crippen molar-refractivity contribution < 1.29 is 0 Å². The Labute approximate surface area is 66.2 Å². The van der Waals surface area contributed by atoms with E-state index in [-0.39, 0.29) is 0 Å². The minimum atomic E-state index is 0.775. The molecule has 0 aliphatic carbocycles. The van der Waals surface area contributed by atoms with Gasteiger partial charge in [0.2, 0.25) is 0 Å². The third-order valence-electron chi connectivity index (χ3n) is 1.12. The first-order valence-electron chi connectivity index (χ1n) is 3.62. The minimum Gasteiger partial charge on any atom is -0.262 e. The average Bonchev–Trinajstić information content (AvgIpc) is 2.07. The molecule has 0 spiro atoms. The van der Waals surface area contributed by atoms with Crippen molar-refractivity contribution in [1.82, 2.24) is 4.98 Å². The highest BCUT2D eigenvalue weighted by atomic mass is 15.3. The van der Waals surface area contributed by atoms with E-state index in [2.05, 4.69) is 15.5 Å². The van der Waals surface area contributed by atoms with Crippen LogP contribution in [0.5, 0.6) is 0 Å². The molecule has 0 aliphatic rings. The van der Waals surface area contributed by atoms with Crippen LogP contribution in [0.3, 0.4) is 0 Å². The molecule has 3 nitrogen and oxygen atoms in total. The van der Waals surface area contributed by atoms with Crippen molar-refractivity contribution in [3.63, 3.8) is 0 Å². The second-order valence-corrected chi connectivity index (χ2v) is 2.05. The zero-order valence-corrected chi connectivity index (χ0v) is 6.49. The third kappa shape index (κ3) is 2.80. The van der Waals surface area contributed by atoms with E-state index in [0.717, 1.165) is 12.2 Å². The molecule has 11 heavy (non-hydrogen) atoms. The molecule has 0 saturated carbocycles. The fraction of sp³-hybridized carbons (Fsp3) is 0.250. The third-order valence-corrected chi connectivity index (χ3v) is 1.12. The van der Waals surface area contributed by atoms with Gasteiger partial charge in [-0.1, -0.05) is 13.0 Å². The number of anilines is 1. The predicted octanol–water partition coefficient (Wildman–Crippen LogP) is 1.89. The summed E-state index contributed by atoms with van der Waals surface area (Å²) in [6.07, 6.45) is 4.46. The molecule has 58 valence electrons. The van der Waals surface area contributed by atoms with Gasteiger partial charge in [0.15, 0.2) is 0 Å². The van der Waals surface area contributed by atoms with Crippen LogP contribution < -0.4 is 5.43 Å². The Kier molecular flexibility index (Phi) is 3.12. The Balaban J connectivity index is 2.45. The normalized spacial score (nSPS) is 10.3. The summed E-state index contributed by atoms with van der Waals surface area (Å²) in [6.45, 7) is 2.03. The molecule has 0 atom stereocenters. The van der Waals surface area contributed by atoms with Gasteiger partial charge in [0.1, 0.15) is 5.82 Å². The molecule has 0 bridgehead atoms. The summed E-state index contributed by atoms with van der Waals surface area (Å²) in [4.78, 5) is 4.03. The molecule has 0 radical (unpaired) electrons. The molecule has 0 aliphatic heterocycles. The lowest BCUT2D eigenvalue weighted by molar-refractivity contribution is 1.21. The molecular weight excluding hydrogens is 138 g/mol. The molecule has 1 heterocycles. The summed E-state index contributed by atoms with van der Waals surface area (Å²) in [6, 6.07) is 5.65. The van der Waals surface area contributed by atoms with Crippen LogP contribution >= 0.6 is 0 Å². The molecule has 0 fully saturated rings. The lowest BCUT2D eigenvalue weighted by Crippen LogP contribution is -1.90. The number of pyridine rings is 1. The Morgan fingerprint density at radius 2 is 2.55 bits per heavy atom. The van der Waals surface area contributed by atoms with Crippen LogP contribution in [0.2, 0.25) is 0 Å². The second kappa shape index (κ2) is 4.44. The number of aromatic nitrogens is 1. The van der Waals surface area contributed by atoms with Gasteiger partial charge in [0.25, 0.3) is 0 Å². The van der Waals surface area contributed by atoms with Gasteiger partial charge in [-0.15, -0.1) is 0 Å². The number of hydrogen-bond donors (Lipinski definition) is 1. The summed E-state index contributed by atoms with van der Waals surface area (Å²) < 4.78 is 0. The SMILES string of the molecule is CCC=NNc1ccccn1. The van der Waals surface area contributed by atoms with E-state index in [9.17, 15) is 0 Å². The number of nitrogens with zero attached hydrogens (tertiary/aromatic N) is 2. The summed E-state index contributed by atoms with van der Waals surface area (Å²) in [5.41, 5.74) is 2.80. The summed E-state index contributed by atoms with van der Waals surface area (Å²) in [5.74, 6) is 0.775. The average molecular weight is 149 g/mol. The van der Waals surface area contributed by atoms with E-state index in [1.807, 2.05) is 25.1 Å². The molecular formula is C8H11N3. The Hall–Kier alpha value is -1.38. The van der Waals surface area contributed by atoms with E-state index in [1.165, 1.54) is 0 Å². The molecule has 0 unspecified atom stereocenters. The van der Waals surface area contributed by atoms with Gasteiger partial charge in [-0.25, -0.2) is 4.98 Å². The van der Waals surface area contributed by atoms with Crippen LogP contribution in [0, 0.1) is 0 Å². The first-order chi connectivity index (χ1) is 5.43. The first kappa shape index (κ1) is 7.72. The van der Waals surface area contributed by atoms with Crippen molar-refractivity contribution in [3.8, 4) is 0 Å². The van der Waals surface area contributed by atoms with Gasteiger partial charge in [-0.05, 0) is 18.6 Å². The maximum absolute atomic E-state index is 4.03. The molecule has 1 N–H and O–H groups in total. The quantitative estimate of drug-likeness (QED) is 0.526. The van der Waals surface area contributed by atoms with Crippen molar-refractivity contribution in [1.29, 1.82) is 0 Å². The molecule has 0 aromatic carbocycles. The zero-order chi connectivity index (χ0) is 7.94. The van der Waals surface area contributed by atoms with Gasteiger partial charge >= 0.3 is 0 Å². The molecule has 1 rings (SSSR count). The van der Waals surface area contributed by atoms with Crippen molar-refractivity contribution in [3.05, 3.63) is 24.4 Å². The number of hydrazone groups is 1. The lowest BCUT2D eigenvalue weighted by Gasteiger charge is -1.95. The van der Waals surface area contributed by atoms with Gasteiger partial charge in [-0.2, -0.15) is 5.10 Å². The maximum atomic E-state index is 4.03. The van der Waals surface area contributed by atoms with Crippen LogP contribution in [-0.4, -0.2) is 11.2 Å². The highest BCUT2D eigenvalue weighted by Gasteiger charge is 1.83. The van der Waals surface area contributed by atoms with Crippen molar-refractivity contribution in [2.45, 2.75) is 13.3 Å². The van der Waals surface area contributed by atoms with E-state index in [1.54, 1.807) is 12.4 Å². The maximum Gasteiger partial charge on any atom is 0.146 e. The van der Waals surface area contributed by atoms with E-state index >= 15 is 0 Å². The molecule has 1 aromatic heterocycles. The summed E-state index contributed by atoms with van der Waals surface area (Å²) in [7, 11) is 0. The van der Waals surface area contributed by atoms with E-state index < -0.39 is 0 Å². The van der Waals surface area contributed by atoms with Crippen molar-refractivity contribution in [2.24, 2.45) is 5.10 Å². The fourth-order valence-electron chi connectivity index (χ4n) is 0.632. The topological polar surface area (TPSA) is 37.3 Å². The van der Waals surface area contributed by atoms with Crippen LogP contribution in [-0.2, 0) is 0 Å². The van der Waals surface area contributed by atoms with Crippen LogP contribution in [0.1, 0.15) is 13.3 Å². The van der Waals surface area contributed by atoms with Gasteiger partial charge in [0.05, 0.1) is 0 Å². The number of rotatable bonds is 3. The Bertz CT molecular complexity index is 218. The van der Waals surface area contributed by atoms with Crippen molar-refractivity contribution >= 4 is 12.0 Å². The zero-order valence-electron chi connectivity index (χ0n) is 6.49. The predicted molar refractivity (Wildman–Crippen MR) is 46.6 cm³/mol. The van der Waals surface area contributed by atoms with Crippen LogP contribution in [0.25, 0.3) is 0 Å². The fourth-order valence-corrected chi connectivity index (χ4v) is 0.632. The summed E-state index contributed by atoms with van der Waals surface area (Å²) in [5, 5.41) is 3.92. The monoisotopic (exact) mass is 149 g/mol. The largest absolute Gasteiger partial charge is 0.262 e. The van der Waals surface area contributed by atoms with E-state index in [4.69, 9.17) is 0 Å². The standard InChI is InChI=1S/C8H11N3/c1-2-6-10-11-8-5-3-4-7-9-8/h3-7H,2H2,1H3,(H,9,11). The van der Waals surface area contributed by atoms with Crippen LogP contribution in [0.4, 0.5) is 5.82 Å². The number of nitrogens with one attached hydrogen (secondary N) is 1. The Morgan fingerprint density at radius 1 is 1.64 bits per heavy atom. The minimum absolute atomic E-state index is 0.775. The Morgan fingerprint density at radius 3 is 3.18 bits per heavy atom. The highest BCUT2D eigenvalue weighted by molar-refractivity contribution is 5.58.